The Bertz CT molecular complexity index is 293. The van der Waals surface area contributed by atoms with E-state index in [1.165, 1.54) is 6.08 Å². The summed E-state index contributed by atoms with van der Waals surface area (Å²) < 4.78 is 0. The molecule has 0 heterocycles. The Morgan fingerprint density at radius 2 is 2.20 bits per heavy atom. The average Bonchev–Trinajstić information content (AvgIpc) is 2.86. The van der Waals surface area contributed by atoms with Gasteiger partial charge in [0.15, 0.2) is 5.78 Å². The van der Waals surface area contributed by atoms with Crippen molar-refractivity contribution < 1.29 is 4.79 Å². The molecule has 1 saturated carbocycles. The second-order valence-corrected chi connectivity index (χ2v) is 4.82. The van der Waals surface area contributed by atoms with Crippen molar-refractivity contribution in [2.45, 2.75) is 39.2 Å². The minimum absolute atomic E-state index is 0.0439. The molecule has 15 heavy (non-hydrogen) atoms. The van der Waals surface area contributed by atoms with Gasteiger partial charge in [0.05, 0.1) is 5.70 Å². The Hall–Kier alpha value is -0.900. The van der Waals surface area contributed by atoms with Gasteiger partial charge >= 0.3 is 0 Å². The molecule has 0 atom stereocenters. The number of ketones is 1. The van der Waals surface area contributed by atoms with Crippen molar-refractivity contribution in [3.8, 4) is 0 Å². The lowest BCUT2D eigenvalue weighted by molar-refractivity contribution is -0.115. The maximum Gasteiger partial charge on any atom is 0.158 e. The lowest BCUT2D eigenvalue weighted by Crippen LogP contribution is -2.29. The molecule has 84 valence electrons. The van der Waals surface area contributed by atoms with Crippen LogP contribution < -0.4 is 11.1 Å². The molecule has 1 aliphatic carbocycles. The van der Waals surface area contributed by atoms with Gasteiger partial charge in [-0.2, -0.15) is 0 Å². The van der Waals surface area contributed by atoms with Crippen LogP contribution in [0.25, 0.3) is 0 Å². The molecule has 0 spiro atoms. The molecule has 0 aliphatic heterocycles. The van der Waals surface area contributed by atoms with Crippen molar-refractivity contribution >= 4 is 23.0 Å². The van der Waals surface area contributed by atoms with Gasteiger partial charge in [0.1, 0.15) is 4.99 Å². The third-order valence-electron chi connectivity index (χ3n) is 2.10. The summed E-state index contributed by atoms with van der Waals surface area (Å²) in [6, 6.07) is 0.477. The second-order valence-electron chi connectivity index (χ2n) is 4.41. The number of hydrogen-bond donors (Lipinski definition) is 2. The summed E-state index contributed by atoms with van der Waals surface area (Å²) in [5, 5.41) is 3.10. The minimum Gasteiger partial charge on any atom is -0.396 e. The van der Waals surface area contributed by atoms with E-state index in [4.69, 9.17) is 18.0 Å². The summed E-state index contributed by atoms with van der Waals surface area (Å²) in [6.45, 7) is 4.01. The summed E-state index contributed by atoms with van der Waals surface area (Å²) in [6.07, 6.45) is 4.26. The molecule has 0 bridgehead atoms. The Morgan fingerprint density at radius 1 is 1.60 bits per heavy atom. The zero-order valence-electron chi connectivity index (χ0n) is 9.25. The van der Waals surface area contributed by atoms with Gasteiger partial charge in [-0.3, -0.25) is 4.79 Å². The van der Waals surface area contributed by atoms with Crippen LogP contribution in [0.4, 0.5) is 0 Å². The number of hydrogen-bond acceptors (Lipinski definition) is 3. The first-order chi connectivity index (χ1) is 6.99. The molecule has 0 unspecified atom stereocenters. The predicted octanol–water partition coefficient (Wildman–Crippen LogP) is 1.52. The maximum atomic E-state index is 11.4. The third-order valence-corrected chi connectivity index (χ3v) is 2.45. The fourth-order valence-corrected chi connectivity index (χ4v) is 1.42. The van der Waals surface area contributed by atoms with Gasteiger partial charge in [-0.1, -0.05) is 26.1 Å². The molecule has 0 saturated heterocycles. The molecule has 1 aliphatic rings. The molecular weight excluding hydrogens is 208 g/mol. The monoisotopic (exact) mass is 226 g/mol. The number of nitrogens with two attached hydrogens (primary N) is 1. The van der Waals surface area contributed by atoms with Crippen LogP contribution in [0, 0.1) is 5.92 Å². The van der Waals surface area contributed by atoms with Crippen molar-refractivity contribution in [3.05, 3.63) is 11.8 Å². The van der Waals surface area contributed by atoms with Crippen LogP contribution in [0.15, 0.2) is 11.8 Å². The van der Waals surface area contributed by atoms with E-state index in [9.17, 15) is 4.79 Å². The smallest absolute Gasteiger partial charge is 0.158 e. The first kappa shape index (κ1) is 12.2. The van der Waals surface area contributed by atoms with Crippen LogP contribution in [0.5, 0.6) is 0 Å². The number of rotatable bonds is 5. The number of carbonyl (C=O) groups excluding carboxylic acids is 1. The third kappa shape index (κ3) is 4.93. The maximum absolute atomic E-state index is 11.4. The number of thiocarbonyl (C=S) groups is 1. The molecule has 3 nitrogen and oxygen atoms in total. The molecule has 0 aromatic rings. The van der Waals surface area contributed by atoms with Gasteiger partial charge in [-0.25, -0.2) is 0 Å². The van der Waals surface area contributed by atoms with Crippen LogP contribution >= 0.6 is 12.2 Å². The molecule has 0 amide bonds. The van der Waals surface area contributed by atoms with Crippen molar-refractivity contribution in [1.29, 1.82) is 0 Å². The number of allylic oxidation sites excluding steroid dienone is 1. The zero-order chi connectivity index (χ0) is 11.4. The van der Waals surface area contributed by atoms with E-state index < -0.39 is 0 Å². The van der Waals surface area contributed by atoms with Crippen molar-refractivity contribution in [2.75, 3.05) is 0 Å². The fourth-order valence-electron chi connectivity index (χ4n) is 1.20. The van der Waals surface area contributed by atoms with Crippen LogP contribution in [0.2, 0.25) is 0 Å². The largest absolute Gasteiger partial charge is 0.396 e. The molecule has 0 aromatic carbocycles. The highest BCUT2D eigenvalue weighted by Crippen LogP contribution is 2.19. The molecule has 1 fully saturated rings. The molecule has 3 N–H and O–H groups in total. The van der Waals surface area contributed by atoms with E-state index in [2.05, 4.69) is 5.32 Å². The van der Waals surface area contributed by atoms with Crippen molar-refractivity contribution in [1.82, 2.24) is 5.32 Å². The predicted molar refractivity (Wildman–Crippen MR) is 65.5 cm³/mol. The van der Waals surface area contributed by atoms with Gasteiger partial charge in [0.2, 0.25) is 0 Å². The highest BCUT2D eigenvalue weighted by Gasteiger charge is 2.22. The Labute approximate surface area is 96.1 Å². The zero-order valence-corrected chi connectivity index (χ0v) is 10.1. The van der Waals surface area contributed by atoms with Gasteiger partial charge < -0.3 is 11.1 Å². The normalized spacial score (nSPS) is 16.6. The second kappa shape index (κ2) is 5.26. The quantitative estimate of drug-likeness (QED) is 0.551. The number of nitrogens with one attached hydrogen (secondary N) is 1. The van der Waals surface area contributed by atoms with E-state index in [0.29, 0.717) is 29.1 Å². The molecule has 0 radical (unpaired) electrons. The van der Waals surface area contributed by atoms with E-state index in [0.717, 1.165) is 12.8 Å². The lowest BCUT2D eigenvalue weighted by atomic mass is 10.1. The Kier molecular flexibility index (Phi) is 4.27. The number of carbonyl (C=O) groups is 1. The summed E-state index contributed by atoms with van der Waals surface area (Å²) in [5.74, 6) is 0.397. The van der Waals surface area contributed by atoms with Gasteiger partial charge in [-0.05, 0) is 18.8 Å². The van der Waals surface area contributed by atoms with Crippen LogP contribution in [-0.2, 0) is 4.79 Å². The van der Waals surface area contributed by atoms with Crippen molar-refractivity contribution in [2.24, 2.45) is 11.7 Å². The summed E-state index contributed by atoms with van der Waals surface area (Å²) >= 11 is 5.07. The summed E-state index contributed by atoms with van der Waals surface area (Å²) in [5.41, 5.74) is 6.10. The standard InChI is InChI=1S/C11H18N2OS/c1-7(2)5-9(14)6-10(12)11(15)13-8-3-4-8/h6-8H,3-5,12H2,1-2H3,(H,13,15). The first-order valence-electron chi connectivity index (χ1n) is 5.30. The first-order valence-corrected chi connectivity index (χ1v) is 5.70. The summed E-state index contributed by atoms with van der Waals surface area (Å²) in [4.78, 5) is 11.9. The van der Waals surface area contributed by atoms with E-state index in [1.54, 1.807) is 0 Å². The average molecular weight is 226 g/mol. The fraction of sp³-hybridized carbons (Fsp3) is 0.636. The highest BCUT2D eigenvalue weighted by atomic mass is 32.1. The van der Waals surface area contributed by atoms with Gasteiger partial charge in [0, 0.05) is 18.5 Å². The van der Waals surface area contributed by atoms with E-state index in [1.807, 2.05) is 13.8 Å². The Balaban J connectivity index is 2.42. The van der Waals surface area contributed by atoms with E-state index in [-0.39, 0.29) is 5.78 Å². The molecule has 4 heteroatoms. The topological polar surface area (TPSA) is 55.1 Å². The summed E-state index contributed by atoms with van der Waals surface area (Å²) in [7, 11) is 0. The molecule has 0 aromatic heterocycles. The molecular formula is C11H18N2OS. The minimum atomic E-state index is 0.0439. The van der Waals surface area contributed by atoms with Crippen LogP contribution in [-0.4, -0.2) is 16.8 Å². The molecule has 1 rings (SSSR count). The lowest BCUT2D eigenvalue weighted by Gasteiger charge is -2.06. The van der Waals surface area contributed by atoms with E-state index >= 15 is 0 Å². The SMILES string of the molecule is CC(C)CC(=O)C=C(N)C(=S)NC1CC1. The van der Waals surface area contributed by atoms with Crippen LogP contribution in [0.1, 0.15) is 33.1 Å². The van der Waals surface area contributed by atoms with Crippen molar-refractivity contribution in [3.63, 3.8) is 0 Å². The Morgan fingerprint density at radius 3 is 2.67 bits per heavy atom. The van der Waals surface area contributed by atoms with Gasteiger partial charge in [-0.15, -0.1) is 0 Å². The highest BCUT2D eigenvalue weighted by molar-refractivity contribution is 7.80. The van der Waals surface area contributed by atoms with Gasteiger partial charge in [0.25, 0.3) is 0 Å². The van der Waals surface area contributed by atoms with Crippen LogP contribution in [0.3, 0.4) is 0 Å².